The lowest BCUT2D eigenvalue weighted by molar-refractivity contribution is -0.137. The molecule has 0 spiro atoms. The maximum absolute atomic E-state index is 12.1. The Morgan fingerprint density at radius 2 is 1.71 bits per heavy atom. The Morgan fingerprint density at radius 1 is 1.00 bits per heavy atom. The highest BCUT2D eigenvalue weighted by atomic mass is 16.4. The van der Waals surface area contributed by atoms with E-state index in [1.165, 1.54) is 0 Å². The van der Waals surface area contributed by atoms with Gasteiger partial charge in [-0.2, -0.15) is 0 Å². The van der Waals surface area contributed by atoms with Crippen LogP contribution in [0.5, 0.6) is 0 Å². The van der Waals surface area contributed by atoms with Gasteiger partial charge in [-0.05, 0) is 25.0 Å². The number of rotatable bonds is 8. The van der Waals surface area contributed by atoms with Crippen LogP contribution in [0.4, 0.5) is 0 Å². The molecule has 0 saturated heterocycles. The van der Waals surface area contributed by atoms with Gasteiger partial charge < -0.3 is 5.11 Å². The molecule has 110 valence electrons. The predicted molar refractivity (Wildman–Crippen MR) is 81.4 cm³/mol. The summed E-state index contributed by atoms with van der Waals surface area (Å²) in [5.41, 5.74) is 1.54. The zero-order chi connectivity index (χ0) is 15.1. The van der Waals surface area contributed by atoms with Gasteiger partial charge in [-0.15, -0.1) is 0 Å². The van der Waals surface area contributed by atoms with Crippen LogP contribution >= 0.6 is 0 Å². The molecule has 0 aliphatic heterocycles. The Hall–Kier alpha value is -2.23. The van der Waals surface area contributed by atoms with E-state index in [1.54, 1.807) is 6.20 Å². The fraction of sp³-hybridized carbons (Fsp3) is 0.353. The number of hydrogen-bond donors (Lipinski definition) is 1. The quantitative estimate of drug-likeness (QED) is 0.591. The van der Waals surface area contributed by atoms with Gasteiger partial charge in [0.05, 0.1) is 5.52 Å². The number of carbonyl (C=O) groups is 2. The van der Waals surface area contributed by atoms with Gasteiger partial charge in [0, 0.05) is 30.0 Å². The third-order valence-corrected chi connectivity index (χ3v) is 3.46. The highest BCUT2D eigenvalue weighted by molar-refractivity contribution is 5.98. The summed E-state index contributed by atoms with van der Waals surface area (Å²) in [6.07, 6.45) is 5.56. The van der Waals surface area contributed by atoms with E-state index in [9.17, 15) is 9.59 Å². The number of carbonyl (C=O) groups excluding carboxylic acids is 1. The average Bonchev–Trinajstić information content (AvgIpc) is 2.49. The maximum Gasteiger partial charge on any atom is 0.303 e. The summed E-state index contributed by atoms with van der Waals surface area (Å²) in [6, 6.07) is 9.61. The van der Waals surface area contributed by atoms with Crippen LogP contribution in [0, 0.1) is 0 Å². The number of Topliss-reactive ketones (excluding diaryl/α,β-unsaturated/α-hetero) is 1. The van der Waals surface area contributed by atoms with E-state index in [4.69, 9.17) is 5.11 Å². The molecule has 0 saturated carbocycles. The van der Waals surface area contributed by atoms with E-state index in [1.807, 2.05) is 30.3 Å². The Bertz CT molecular complexity index is 637. The SMILES string of the molecule is O=C(O)CCCCCCC(=O)c1cnc2ccccc2c1. The third-order valence-electron chi connectivity index (χ3n) is 3.46. The molecule has 1 heterocycles. The number of unbranched alkanes of at least 4 members (excludes halogenated alkanes) is 3. The van der Waals surface area contributed by atoms with Crippen molar-refractivity contribution in [3.8, 4) is 0 Å². The van der Waals surface area contributed by atoms with Crippen molar-refractivity contribution in [2.45, 2.75) is 38.5 Å². The van der Waals surface area contributed by atoms with Crippen LogP contribution in [0.3, 0.4) is 0 Å². The fourth-order valence-electron chi connectivity index (χ4n) is 2.28. The molecule has 4 heteroatoms. The van der Waals surface area contributed by atoms with Gasteiger partial charge in [-0.3, -0.25) is 14.6 Å². The first-order valence-corrected chi connectivity index (χ1v) is 7.26. The number of para-hydroxylation sites is 1. The molecule has 0 radical (unpaired) electrons. The van der Waals surface area contributed by atoms with Crippen LogP contribution in [0.2, 0.25) is 0 Å². The molecule has 0 aliphatic rings. The number of fused-ring (bicyclic) bond motifs is 1. The van der Waals surface area contributed by atoms with Gasteiger partial charge in [0.15, 0.2) is 5.78 Å². The second-order valence-electron chi connectivity index (χ2n) is 5.15. The minimum atomic E-state index is -0.756. The van der Waals surface area contributed by atoms with E-state index in [0.29, 0.717) is 18.4 Å². The Balaban J connectivity index is 1.80. The van der Waals surface area contributed by atoms with Gasteiger partial charge in [0.1, 0.15) is 0 Å². The molecule has 0 atom stereocenters. The summed E-state index contributed by atoms with van der Waals surface area (Å²) in [5.74, 6) is -0.653. The lowest BCUT2D eigenvalue weighted by atomic mass is 10.0. The number of pyridine rings is 1. The van der Waals surface area contributed by atoms with E-state index < -0.39 is 5.97 Å². The van der Waals surface area contributed by atoms with E-state index in [2.05, 4.69) is 4.98 Å². The second kappa shape index (κ2) is 7.53. The van der Waals surface area contributed by atoms with Gasteiger partial charge in [0.2, 0.25) is 0 Å². The van der Waals surface area contributed by atoms with Crippen molar-refractivity contribution in [3.63, 3.8) is 0 Å². The number of benzene rings is 1. The van der Waals surface area contributed by atoms with Gasteiger partial charge in [-0.25, -0.2) is 0 Å². The first-order chi connectivity index (χ1) is 10.2. The molecule has 0 fully saturated rings. The average molecular weight is 285 g/mol. The summed E-state index contributed by atoms with van der Waals surface area (Å²) in [6.45, 7) is 0. The van der Waals surface area contributed by atoms with E-state index in [-0.39, 0.29) is 12.2 Å². The van der Waals surface area contributed by atoms with Crippen molar-refractivity contribution >= 4 is 22.7 Å². The van der Waals surface area contributed by atoms with Gasteiger partial charge in [0.25, 0.3) is 0 Å². The van der Waals surface area contributed by atoms with Gasteiger partial charge in [-0.1, -0.05) is 31.0 Å². The lowest BCUT2D eigenvalue weighted by Crippen LogP contribution is -2.00. The largest absolute Gasteiger partial charge is 0.481 e. The Labute approximate surface area is 123 Å². The number of aromatic nitrogens is 1. The van der Waals surface area contributed by atoms with Crippen molar-refractivity contribution in [3.05, 3.63) is 42.1 Å². The third kappa shape index (κ3) is 4.67. The second-order valence-corrected chi connectivity index (χ2v) is 5.15. The molecule has 21 heavy (non-hydrogen) atoms. The molecule has 1 aromatic carbocycles. The Morgan fingerprint density at radius 3 is 2.48 bits per heavy atom. The zero-order valence-corrected chi connectivity index (χ0v) is 11.9. The number of nitrogens with zero attached hydrogens (tertiary/aromatic N) is 1. The number of hydrogen-bond acceptors (Lipinski definition) is 3. The Kier molecular flexibility index (Phi) is 5.43. The minimum absolute atomic E-state index is 0.103. The maximum atomic E-state index is 12.1. The lowest BCUT2D eigenvalue weighted by Gasteiger charge is -2.03. The number of ketones is 1. The van der Waals surface area contributed by atoms with Crippen molar-refractivity contribution in [2.24, 2.45) is 0 Å². The molecule has 1 N–H and O–H groups in total. The fourth-order valence-corrected chi connectivity index (χ4v) is 2.28. The normalized spacial score (nSPS) is 10.7. The summed E-state index contributed by atoms with van der Waals surface area (Å²) in [5, 5.41) is 9.51. The molecule has 4 nitrogen and oxygen atoms in total. The number of carboxylic acid groups (broad SMARTS) is 1. The molecule has 0 unspecified atom stereocenters. The molecule has 2 aromatic rings. The van der Waals surface area contributed by atoms with Crippen molar-refractivity contribution < 1.29 is 14.7 Å². The van der Waals surface area contributed by atoms with E-state index >= 15 is 0 Å². The topological polar surface area (TPSA) is 67.3 Å². The van der Waals surface area contributed by atoms with Crippen molar-refractivity contribution in [1.29, 1.82) is 0 Å². The minimum Gasteiger partial charge on any atom is -0.481 e. The van der Waals surface area contributed by atoms with Crippen molar-refractivity contribution in [2.75, 3.05) is 0 Å². The highest BCUT2D eigenvalue weighted by Gasteiger charge is 2.07. The van der Waals surface area contributed by atoms with Crippen molar-refractivity contribution in [1.82, 2.24) is 4.98 Å². The van der Waals surface area contributed by atoms with Gasteiger partial charge >= 0.3 is 5.97 Å². The first-order valence-electron chi connectivity index (χ1n) is 7.26. The summed E-state index contributed by atoms with van der Waals surface area (Å²) >= 11 is 0. The highest BCUT2D eigenvalue weighted by Crippen LogP contribution is 2.15. The molecule has 0 bridgehead atoms. The number of aliphatic carboxylic acids is 1. The predicted octanol–water partition coefficient (Wildman–Crippen LogP) is 3.84. The molecule has 0 aliphatic carbocycles. The molecular weight excluding hydrogens is 266 g/mol. The van der Waals surface area contributed by atoms with Crippen LogP contribution in [-0.2, 0) is 4.79 Å². The summed E-state index contributed by atoms with van der Waals surface area (Å²) in [7, 11) is 0. The summed E-state index contributed by atoms with van der Waals surface area (Å²) in [4.78, 5) is 26.8. The summed E-state index contributed by atoms with van der Waals surface area (Å²) < 4.78 is 0. The molecule has 2 rings (SSSR count). The standard InChI is InChI=1S/C17H19NO3/c19-16(9-3-1-2-4-10-17(20)21)14-11-13-7-5-6-8-15(13)18-12-14/h5-8,11-12H,1-4,9-10H2,(H,20,21). The molecule has 0 amide bonds. The molecule has 1 aromatic heterocycles. The number of carboxylic acids is 1. The van der Waals surface area contributed by atoms with Crippen LogP contribution in [0.25, 0.3) is 10.9 Å². The first kappa shape index (κ1) is 15.2. The van der Waals surface area contributed by atoms with E-state index in [0.717, 1.165) is 30.2 Å². The van der Waals surface area contributed by atoms with Crippen LogP contribution in [0.15, 0.2) is 36.5 Å². The molecular formula is C17H19NO3. The van der Waals surface area contributed by atoms with Crippen LogP contribution < -0.4 is 0 Å². The smallest absolute Gasteiger partial charge is 0.303 e. The zero-order valence-electron chi connectivity index (χ0n) is 11.9. The monoisotopic (exact) mass is 285 g/mol. The van der Waals surface area contributed by atoms with Crippen LogP contribution in [-0.4, -0.2) is 21.8 Å². The van der Waals surface area contributed by atoms with Crippen LogP contribution in [0.1, 0.15) is 48.9 Å².